The Kier molecular flexibility index (Phi) is 3.98. The maximum absolute atomic E-state index is 12.0. The van der Waals surface area contributed by atoms with Gasteiger partial charge in [0.15, 0.2) is 6.23 Å². The Hall–Kier alpha value is -1.77. The second-order valence-electron chi connectivity index (χ2n) is 5.91. The molecule has 0 spiro atoms. The minimum absolute atomic E-state index is 0.135. The normalized spacial score (nSPS) is 31.2. The SMILES string of the molecule is CC(=O)Nc1ccn([C@@H]2O[C@H](CC3CC3)[C@@H](O)[C@H]2O)c(=O)n1. The fourth-order valence-electron chi connectivity index (χ4n) is 2.69. The van der Waals surface area contributed by atoms with Crippen LogP contribution in [0.3, 0.4) is 0 Å². The van der Waals surface area contributed by atoms with E-state index in [1.165, 1.54) is 19.2 Å². The summed E-state index contributed by atoms with van der Waals surface area (Å²) in [7, 11) is 0. The number of rotatable bonds is 4. The highest BCUT2D eigenvalue weighted by Crippen LogP contribution is 2.39. The molecule has 2 fully saturated rings. The number of ether oxygens (including phenoxy) is 1. The first-order chi connectivity index (χ1) is 10.5. The third-order valence-electron chi connectivity index (χ3n) is 4.01. The summed E-state index contributed by atoms with van der Waals surface area (Å²) in [6, 6.07) is 1.44. The van der Waals surface area contributed by atoms with Crippen LogP contribution in [0, 0.1) is 5.92 Å². The minimum atomic E-state index is -1.19. The summed E-state index contributed by atoms with van der Waals surface area (Å²) < 4.78 is 6.79. The molecule has 0 unspecified atom stereocenters. The van der Waals surface area contributed by atoms with Crippen LogP contribution in [0.5, 0.6) is 0 Å². The molecule has 2 heterocycles. The monoisotopic (exact) mass is 309 g/mol. The van der Waals surface area contributed by atoms with Gasteiger partial charge in [-0.1, -0.05) is 12.8 Å². The molecule has 3 N–H and O–H groups in total. The molecule has 1 aliphatic heterocycles. The molecule has 3 rings (SSSR count). The van der Waals surface area contributed by atoms with E-state index in [0.29, 0.717) is 12.3 Å². The maximum atomic E-state index is 12.0. The molecule has 1 amide bonds. The third-order valence-corrected chi connectivity index (χ3v) is 4.01. The van der Waals surface area contributed by atoms with E-state index in [1.54, 1.807) is 0 Å². The topological polar surface area (TPSA) is 114 Å². The van der Waals surface area contributed by atoms with Gasteiger partial charge in [-0.05, 0) is 18.4 Å². The van der Waals surface area contributed by atoms with Crippen LogP contribution >= 0.6 is 0 Å². The van der Waals surface area contributed by atoms with Gasteiger partial charge in [-0.3, -0.25) is 9.36 Å². The van der Waals surface area contributed by atoms with Gasteiger partial charge < -0.3 is 20.3 Å². The maximum Gasteiger partial charge on any atom is 0.351 e. The molecule has 0 bridgehead atoms. The van der Waals surface area contributed by atoms with Crippen LogP contribution in [0.15, 0.2) is 17.1 Å². The van der Waals surface area contributed by atoms with Gasteiger partial charge in [0, 0.05) is 13.1 Å². The Morgan fingerprint density at radius 1 is 1.45 bits per heavy atom. The van der Waals surface area contributed by atoms with Crippen molar-refractivity contribution in [3.05, 3.63) is 22.7 Å². The van der Waals surface area contributed by atoms with Crippen LogP contribution in [0.2, 0.25) is 0 Å². The number of aliphatic hydroxyl groups excluding tert-OH is 2. The molecule has 1 aliphatic carbocycles. The molecule has 1 aromatic heterocycles. The summed E-state index contributed by atoms with van der Waals surface area (Å²) in [5, 5.41) is 22.6. The first-order valence-corrected chi connectivity index (χ1v) is 7.34. The zero-order valence-electron chi connectivity index (χ0n) is 12.2. The predicted molar refractivity (Wildman–Crippen MR) is 76.1 cm³/mol. The fraction of sp³-hybridized carbons (Fsp3) is 0.643. The zero-order chi connectivity index (χ0) is 15.9. The van der Waals surface area contributed by atoms with Gasteiger partial charge in [-0.2, -0.15) is 4.98 Å². The third kappa shape index (κ3) is 3.03. The van der Waals surface area contributed by atoms with Gasteiger partial charge in [-0.15, -0.1) is 0 Å². The van der Waals surface area contributed by atoms with Gasteiger partial charge in [0.25, 0.3) is 0 Å². The number of carbonyl (C=O) groups is 1. The number of aromatic nitrogens is 2. The molecule has 120 valence electrons. The molecular weight excluding hydrogens is 290 g/mol. The number of amides is 1. The van der Waals surface area contributed by atoms with Crippen molar-refractivity contribution in [1.29, 1.82) is 0 Å². The molecule has 22 heavy (non-hydrogen) atoms. The van der Waals surface area contributed by atoms with E-state index in [4.69, 9.17) is 4.74 Å². The van der Waals surface area contributed by atoms with Crippen LogP contribution in [-0.2, 0) is 9.53 Å². The summed E-state index contributed by atoms with van der Waals surface area (Å²) in [4.78, 5) is 26.7. The van der Waals surface area contributed by atoms with Gasteiger partial charge in [0.2, 0.25) is 5.91 Å². The summed E-state index contributed by atoms with van der Waals surface area (Å²) in [5.41, 5.74) is -0.658. The van der Waals surface area contributed by atoms with Crippen LogP contribution < -0.4 is 11.0 Å². The van der Waals surface area contributed by atoms with Crippen molar-refractivity contribution in [2.24, 2.45) is 5.92 Å². The van der Waals surface area contributed by atoms with Gasteiger partial charge in [0.1, 0.15) is 18.0 Å². The number of carbonyl (C=O) groups excluding carboxylic acids is 1. The fourth-order valence-corrected chi connectivity index (χ4v) is 2.69. The first kappa shape index (κ1) is 15.1. The number of nitrogens with one attached hydrogen (secondary N) is 1. The van der Waals surface area contributed by atoms with E-state index in [9.17, 15) is 19.8 Å². The Labute approximate surface area is 126 Å². The minimum Gasteiger partial charge on any atom is -0.388 e. The number of nitrogens with zero attached hydrogens (tertiary/aromatic N) is 2. The molecule has 4 atom stereocenters. The lowest BCUT2D eigenvalue weighted by Crippen LogP contribution is -2.35. The van der Waals surface area contributed by atoms with Crippen LogP contribution in [0.4, 0.5) is 5.82 Å². The largest absolute Gasteiger partial charge is 0.388 e. The van der Waals surface area contributed by atoms with Crippen molar-refractivity contribution in [2.45, 2.75) is 50.7 Å². The predicted octanol–water partition coefficient (Wildman–Crippen LogP) is -0.379. The van der Waals surface area contributed by atoms with E-state index < -0.39 is 30.2 Å². The molecule has 0 aromatic carbocycles. The summed E-state index contributed by atoms with van der Waals surface area (Å²) in [6.45, 7) is 1.32. The van der Waals surface area contributed by atoms with Crippen LogP contribution in [0.1, 0.15) is 32.4 Å². The van der Waals surface area contributed by atoms with Crippen molar-refractivity contribution < 1.29 is 19.7 Å². The van der Waals surface area contributed by atoms with E-state index in [0.717, 1.165) is 17.4 Å². The summed E-state index contributed by atoms with van der Waals surface area (Å²) >= 11 is 0. The van der Waals surface area contributed by atoms with Gasteiger partial charge in [-0.25, -0.2) is 4.79 Å². The average molecular weight is 309 g/mol. The van der Waals surface area contributed by atoms with Crippen molar-refractivity contribution in [3.63, 3.8) is 0 Å². The molecule has 2 aliphatic rings. The Morgan fingerprint density at radius 3 is 2.77 bits per heavy atom. The van der Waals surface area contributed by atoms with Crippen molar-refractivity contribution in [3.8, 4) is 0 Å². The lowest BCUT2D eigenvalue weighted by molar-refractivity contribution is -0.114. The zero-order valence-corrected chi connectivity index (χ0v) is 12.2. The second-order valence-corrected chi connectivity index (χ2v) is 5.91. The van der Waals surface area contributed by atoms with Gasteiger partial charge in [0.05, 0.1) is 6.10 Å². The Morgan fingerprint density at radius 2 is 2.18 bits per heavy atom. The highest BCUT2D eigenvalue weighted by atomic mass is 16.6. The smallest absolute Gasteiger partial charge is 0.351 e. The first-order valence-electron chi connectivity index (χ1n) is 7.34. The van der Waals surface area contributed by atoms with Crippen molar-refractivity contribution in [2.75, 3.05) is 5.32 Å². The standard InChI is InChI=1S/C14H19N3O5/c1-7(18)15-10-4-5-17(14(21)16-10)13-12(20)11(19)9(22-13)6-8-2-3-8/h4-5,8-9,11-13,19-20H,2-3,6H2,1H3,(H,15,16,18,21)/t9-,11-,12-,13-/m1/s1. The van der Waals surface area contributed by atoms with Crippen LogP contribution in [0.25, 0.3) is 0 Å². The Balaban J connectivity index is 1.78. The lowest BCUT2D eigenvalue weighted by Gasteiger charge is -2.17. The summed E-state index contributed by atoms with van der Waals surface area (Å²) in [6.07, 6.45) is 0.643. The average Bonchev–Trinajstić information content (AvgIpc) is 3.21. The van der Waals surface area contributed by atoms with E-state index >= 15 is 0 Å². The molecule has 8 heteroatoms. The summed E-state index contributed by atoms with van der Waals surface area (Å²) in [5.74, 6) is 0.334. The quantitative estimate of drug-likeness (QED) is 0.699. The molecule has 8 nitrogen and oxygen atoms in total. The molecule has 1 saturated heterocycles. The molecule has 1 aromatic rings. The highest BCUT2D eigenvalue weighted by Gasteiger charge is 2.45. The van der Waals surface area contributed by atoms with Crippen LogP contribution in [-0.4, -0.2) is 44.0 Å². The molecule has 1 saturated carbocycles. The molecule has 0 radical (unpaired) electrons. The van der Waals surface area contributed by atoms with E-state index in [2.05, 4.69) is 10.3 Å². The van der Waals surface area contributed by atoms with Crippen molar-refractivity contribution >= 4 is 11.7 Å². The number of hydrogen-bond donors (Lipinski definition) is 3. The lowest BCUT2D eigenvalue weighted by atomic mass is 10.1. The number of aliphatic hydroxyl groups is 2. The van der Waals surface area contributed by atoms with E-state index in [1.807, 2.05) is 0 Å². The number of hydrogen-bond acceptors (Lipinski definition) is 6. The highest BCUT2D eigenvalue weighted by molar-refractivity contribution is 5.87. The van der Waals surface area contributed by atoms with Crippen molar-refractivity contribution in [1.82, 2.24) is 9.55 Å². The molecular formula is C14H19N3O5. The van der Waals surface area contributed by atoms with E-state index in [-0.39, 0.29) is 11.7 Å². The Bertz CT molecular complexity index is 627. The second kappa shape index (κ2) is 5.79. The number of anilines is 1. The van der Waals surface area contributed by atoms with Gasteiger partial charge >= 0.3 is 5.69 Å².